The predicted molar refractivity (Wildman–Crippen MR) is 78.6 cm³/mol. The number of hydrogen-bond donors (Lipinski definition) is 1. The Labute approximate surface area is 122 Å². The molecule has 0 aliphatic heterocycles. The molecule has 0 saturated carbocycles. The third kappa shape index (κ3) is 4.33. The fourth-order valence-corrected chi connectivity index (χ4v) is 1.68. The number of hydrogen-bond acceptors (Lipinski definition) is 3. The van der Waals surface area contributed by atoms with Crippen molar-refractivity contribution >= 4 is 23.2 Å². The first-order valence-electron chi connectivity index (χ1n) is 6.23. The fraction of sp³-hybridized carbons (Fsp3) is 0.200. The van der Waals surface area contributed by atoms with E-state index in [1.165, 1.54) is 6.20 Å². The van der Waals surface area contributed by atoms with Gasteiger partial charge < -0.3 is 10.1 Å². The Kier molecular flexibility index (Phi) is 5.09. The molecule has 1 heterocycles. The number of anilines is 1. The highest BCUT2D eigenvalue weighted by Gasteiger charge is 2.13. The number of rotatable bonds is 5. The number of nitrogens with zero attached hydrogens (tertiary/aromatic N) is 1. The molecule has 1 atom stereocenters. The number of pyridine rings is 1. The summed E-state index contributed by atoms with van der Waals surface area (Å²) in [5.74, 6) is -0.218. The summed E-state index contributed by atoms with van der Waals surface area (Å²) in [6.07, 6.45) is 0.954. The summed E-state index contributed by atoms with van der Waals surface area (Å²) in [5, 5.41) is 3.11. The van der Waals surface area contributed by atoms with Gasteiger partial charge in [-0.2, -0.15) is 0 Å². The van der Waals surface area contributed by atoms with E-state index >= 15 is 0 Å². The second kappa shape index (κ2) is 7.03. The van der Waals surface area contributed by atoms with Crippen molar-refractivity contribution in [3.8, 4) is 0 Å². The molecule has 5 heteroatoms. The zero-order valence-corrected chi connectivity index (χ0v) is 11.8. The molecule has 0 unspecified atom stereocenters. The maximum Gasteiger partial charge on any atom is 0.253 e. The minimum atomic E-state index is -0.550. The molecule has 0 bridgehead atoms. The molecule has 1 aromatic heterocycles. The van der Waals surface area contributed by atoms with E-state index < -0.39 is 6.10 Å². The molecule has 0 radical (unpaired) electrons. The fourth-order valence-electron chi connectivity index (χ4n) is 1.56. The van der Waals surface area contributed by atoms with Crippen LogP contribution in [0.25, 0.3) is 0 Å². The van der Waals surface area contributed by atoms with Gasteiger partial charge in [0, 0.05) is 0 Å². The highest BCUT2D eigenvalue weighted by Crippen LogP contribution is 2.11. The molecule has 2 rings (SSSR count). The SMILES string of the molecule is C[C@@H](OCc1ccccc1)C(=O)Nc1ccc(Cl)nc1. The first-order chi connectivity index (χ1) is 9.65. The van der Waals surface area contributed by atoms with E-state index in [0.29, 0.717) is 17.4 Å². The normalized spacial score (nSPS) is 11.9. The first-order valence-corrected chi connectivity index (χ1v) is 6.61. The molecule has 20 heavy (non-hydrogen) atoms. The molecule has 1 amide bonds. The van der Waals surface area contributed by atoms with Gasteiger partial charge in [0.15, 0.2) is 0 Å². The predicted octanol–water partition coefficient (Wildman–Crippen LogP) is 3.28. The van der Waals surface area contributed by atoms with E-state index in [-0.39, 0.29) is 5.91 Å². The third-order valence-electron chi connectivity index (χ3n) is 2.71. The van der Waals surface area contributed by atoms with Gasteiger partial charge in [0.05, 0.1) is 18.5 Å². The third-order valence-corrected chi connectivity index (χ3v) is 2.93. The molecule has 1 aromatic carbocycles. The van der Waals surface area contributed by atoms with Crippen molar-refractivity contribution in [2.75, 3.05) is 5.32 Å². The van der Waals surface area contributed by atoms with E-state index in [9.17, 15) is 4.79 Å². The largest absolute Gasteiger partial charge is 0.364 e. The summed E-state index contributed by atoms with van der Waals surface area (Å²) in [7, 11) is 0. The molecule has 0 aliphatic carbocycles. The van der Waals surface area contributed by atoms with Crippen LogP contribution in [-0.4, -0.2) is 17.0 Å². The molecular weight excluding hydrogens is 276 g/mol. The minimum absolute atomic E-state index is 0.218. The molecule has 0 aliphatic rings. The van der Waals surface area contributed by atoms with Gasteiger partial charge in [-0.15, -0.1) is 0 Å². The smallest absolute Gasteiger partial charge is 0.253 e. The van der Waals surface area contributed by atoms with Crippen LogP contribution in [0, 0.1) is 0 Å². The van der Waals surface area contributed by atoms with Crippen LogP contribution in [0.2, 0.25) is 5.15 Å². The number of nitrogens with one attached hydrogen (secondary N) is 1. The molecule has 2 aromatic rings. The maximum absolute atomic E-state index is 11.9. The second-order valence-electron chi connectivity index (χ2n) is 4.30. The molecule has 104 valence electrons. The van der Waals surface area contributed by atoms with Crippen molar-refractivity contribution in [2.24, 2.45) is 0 Å². The Morgan fingerprint density at radius 3 is 2.70 bits per heavy atom. The topological polar surface area (TPSA) is 51.2 Å². The number of benzene rings is 1. The minimum Gasteiger partial charge on any atom is -0.364 e. The zero-order chi connectivity index (χ0) is 14.4. The standard InChI is InChI=1S/C15H15ClN2O2/c1-11(20-10-12-5-3-2-4-6-12)15(19)18-13-7-8-14(16)17-9-13/h2-9,11H,10H2,1H3,(H,18,19)/t11-/m1/s1. The summed E-state index contributed by atoms with van der Waals surface area (Å²) in [6, 6.07) is 13.0. The van der Waals surface area contributed by atoms with E-state index in [1.54, 1.807) is 19.1 Å². The average molecular weight is 291 g/mol. The van der Waals surface area contributed by atoms with Gasteiger partial charge in [0.2, 0.25) is 0 Å². The lowest BCUT2D eigenvalue weighted by Gasteiger charge is -2.13. The van der Waals surface area contributed by atoms with Crippen LogP contribution in [0.4, 0.5) is 5.69 Å². The first kappa shape index (κ1) is 14.5. The van der Waals surface area contributed by atoms with Gasteiger partial charge in [0.1, 0.15) is 11.3 Å². The lowest BCUT2D eigenvalue weighted by Crippen LogP contribution is -2.27. The highest BCUT2D eigenvalue weighted by atomic mass is 35.5. The summed E-state index contributed by atoms with van der Waals surface area (Å²) >= 11 is 5.68. The lowest BCUT2D eigenvalue weighted by atomic mass is 10.2. The van der Waals surface area contributed by atoms with Crippen LogP contribution in [0.1, 0.15) is 12.5 Å². The van der Waals surface area contributed by atoms with Crippen LogP contribution in [-0.2, 0) is 16.1 Å². The molecule has 0 spiro atoms. The van der Waals surface area contributed by atoms with Crippen molar-refractivity contribution < 1.29 is 9.53 Å². The molecule has 0 saturated heterocycles. The molecular formula is C15H15ClN2O2. The lowest BCUT2D eigenvalue weighted by molar-refractivity contribution is -0.127. The average Bonchev–Trinajstić information content (AvgIpc) is 2.48. The summed E-state index contributed by atoms with van der Waals surface area (Å²) < 4.78 is 5.53. The molecule has 4 nitrogen and oxygen atoms in total. The summed E-state index contributed by atoms with van der Waals surface area (Å²) in [5.41, 5.74) is 1.62. The Balaban J connectivity index is 1.84. The van der Waals surface area contributed by atoms with Crippen LogP contribution in [0.15, 0.2) is 48.7 Å². The number of ether oxygens (including phenoxy) is 1. The quantitative estimate of drug-likeness (QED) is 0.860. The van der Waals surface area contributed by atoms with Gasteiger partial charge in [-0.3, -0.25) is 4.79 Å². The summed E-state index contributed by atoms with van der Waals surface area (Å²) in [4.78, 5) is 15.8. The Bertz CT molecular complexity index is 558. The number of carbonyl (C=O) groups is 1. The van der Waals surface area contributed by atoms with Crippen LogP contribution in [0.5, 0.6) is 0 Å². The van der Waals surface area contributed by atoms with Gasteiger partial charge in [-0.05, 0) is 24.6 Å². The van der Waals surface area contributed by atoms with Crippen molar-refractivity contribution in [3.63, 3.8) is 0 Å². The molecule has 1 N–H and O–H groups in total. The Hall–Kier alpha value is -1.91. The highest BCUT2D eigenvalue weighted by molar-refractivity contribution is 6.29. The van der Waals surface area contributed by atoms with Gasteiger partial charge in [0.25, 0.3) is 5.91 Å². The van der Waals surface area contributed by atoms with Gasteiger partial charge in [-0.25, -0.2) is 4.98 Å². The van der Waals surface area contributed by atoms with E-state index in [2.05, 4.69) is 10.3 Å². The molecule has 0 fully saturated rings. The van der Waals surface area contributed by atoms with E-state index in [1.807, 2.05) is 30.3 Å². The number of halogens is 1. The Morgan fingerprint density at radius 1 is 1.30 bits per heavy atom. The monoisotopic (exact) mass is 290 g/mol. The van der Waals surface area contributed by atoms with Crippen molar-refractivity contribution in [2.45, 2.75) is 19.6 Å². The number of aromatic nitrogens is 1. The van der Waals surface area contributed by atoms with E-state index in [0.717, 1.165) is 5.56 Å². The van der Waals surface area contributed by atoms with Crippen LogP contribution >= 0.6 is 11.6 Å². The van der Waals surface area contributed by atoms with Crippen LogP contribution in [0.3, 0.4) is 0 Å². The van der Waals surface area contributed by atoms with Gasteiger partial charge in [-0.1, -0.05) is 41.9 Å². The van der Waals surface area contributed by atoms with Crippen molar-refractivity contribution in [3.05, 3.63) is 59.4 Å². The number of carbonyl (C=O) groups excluding carboxylic acids is 1. The van der Waals surface area contributed by atoms with Crippen molar-refractivity contribution in [1.29, 1.82) is 0 Å². The van der Waals surface area contributed by atoms with E-state index in [4.69, 9.17) is 16.3 Å². The number of amides is 1. The Morgan fingerprint density at radius 2 is 2.05 bits per heavy atom. The second-order valence-corrected chi connectivity index (χ2v) is 4.68. The zero-order valence-electron chi connectivity index (χ0n) is 11.0. The van der Waals surface area contributed by atoms with Crippen molar-refractivity contribution in [1.82, 2.24) is 4.98 Å². The maximum atomic E-state index is 11.9. The van der Waals surface area contributed by atoms with Gasteiger partial charge >= 0.3 is 0 Å². The van der Waals surface area contributed by atoms with Crippen LogP contribution < -0.4 is 5.32 Å². The summed E-state index contributed by atoms with van der Waals surface area (Å²) in [6.45, 7) is 2.11.